The van der Waals surface area contributed by atoms with E-state index in [-0.39, 0.29) is 6.04 Å². The maximum Gasteiger partial charge on any atom is 0.244 e. The normalized spacial score (nSPS) is 12.3. The molecule has 2 rings (SSSR count). The fourth-order valence-corrected chi connectivity index (χ4v) is 1.66. The highest BCUT2D eigenvalue weighted by molar-refractivity contribution is 9.10. The fraction of sp³-hybridized carbons (Fsp3) is 0.273. The van der Waals surface area contributed by atoms with E-state index in [9.17, 15) is 0 Å². The highest BCUT2D eigenvalue weighted by Crippen LogP contribution is 2.12. The van der Waals surface area contributed by atoms with E-state index in [0.29, 0.717) is 5.95 Å². The van der Waals surface area contributed by atoms with Crippen molar-refractivity contribution in [3.05, 3.63) is 22.8 Å². The van der Waals surface area contributed by atoms with Gasteiger partial charge in [-0.2, -0.15) is 4.98 Å². The van der Waals surface area contributed by atoms with E-state index in [1.165, 1.54) is 0 Å². The lowest BCUT2D eigenvalue weighted by Gasteiger charge is -2.06. The van der Waals surface area contributed by atoms with Crippen LogP contribution in [0.2, 0.25) is 0 Å². The minimum atomic E-state index is -0.0270. The number of halogens is 1. The maximum absolute atomic E-state index is 5.37. The zero-order valence-corrected chi connectivity index (χ0v) is 10.4. The predicted molar refractivity (Wildman–Crippen MR) is 67.2 cm³/mol. The van der Waals surface area contributed by atoms with Gasteiger partial charge in [0.05, 0.1) is 6.04 Å². The quantitative estimate of drug-likeness (QED) is 0.877. The van der Waals surface area contributed by atoms with Gasteiger partial charge in [0.15, 0.2) is 5.65 Å². The third-order valence-electron chi connectivity index (χ3n) is 2.21. The molecule has 16 heavy (non-hydrogen) atoms. The molecule has 2 heterocycles. The van der Waals surface area contributed by atoms with E-state index in [2.05, 4.69) is 37.2 Å². The molecule has 0 amide bonds. The highest BCUT2D eigenvalue weighted by Gasteiger charge is 2.07. The number of nitrogens with one attached hydrogen (secondary N) is 1. The van der Waals surface area contributed by atoms with Crippen molar-refractivity contribution in [2.45, 2.75) is 19.4 Å². The first-order valence-corrected chi connectivity index (χ1v) is 5.77. The topological polar surface area (TPSA) is 42.2 Å². The number of fused-ring (bicyclic) bond motifs is 1. The van der Waals surface area contributed by atoms with Gasteiger partial charge in [0.1, 0.15) is 0 Å². The molecule has 82 valence electrons. The maximum atomic E-state index is 5.37. The van der Waals surface area contributed by atoms with Crippen molar-refractivity contribution >= 4 is 27.5 Å². The molecule has 0 aliphatic heterocycles. The molecule has 0 spiro atoms. The number of terminal acetylenes is 1. The first-order chi connectivity index (χ1) is 7.72. The Morgan fingerprint density at radius 1 is 1.62 bits per heavy atom. The summed E-state index contributed by atoms with van der Waals surface area (Å²) in [5.41, 5.74) is 0.789. The summed E-state index contributed by atoms with van der Waals surface area (Å²) in [5, 5.41) is 7.37. The second-order valence-corrected chi connectivity index (χ2v) is 4.27. The monoisotopic (exact) mass is 278 g/mol. The van der Waals surface area contributed by atoms with Crippen LogP contribution in [0.4, 0.5) is 5.95 Å². The Balaban J connectivity index is 2.30. The zero-order chi connectivity index (χ0) is 11.5. The van der Waals surface area contributed by atoms with Gasteiger partial charge in [-0.3, -0.25) is 0 Å². The molecule has 0 saturated heterocycles. The number of hydrogen-bond donors (Lipinski definition) is 1. The lowest BCUT2D eigenvalue weighted by atomic mass is 10.2. The second kappa shape index (κ2) is 4.54. The van der Waals surface area contributed by atoms with E-state index in [4.69, 9.17) is 6.42 Å². The van der Waals surface area contributed by atoms with E-state index in [1.54, 1.807) is 4.52 Å². The van der Waals surface area contributed by atoms with Crippen molar-refractivity contribution in [3.63, 3.8) is 0 Å². The fourth-order valence-electron chi connectivity index (χ4n) is 1.34. The van der Waals surface area contributed by atoms with Gasteiger partial charge >= 0.3 is 0 Å². The number of hydrogen-bond acceptors (Lipinski definition) is 3. The molecular weight excluding hydrogens is 268 g/mol. The average molecular weight is 279 g/mol. The SMILES string of the molecule is C#CC(CC)Nc1nc2ccc(Br)cn2n1. The van der Waals surface area contributed by atoms with Gasteiger partial charge < -0.3 is 5.32 Å². The molecule has 0 bridgehead atoms. The average Bonchev–Trinajstić information content (AvgIpc) is 2.67. The summed E-state index contributed by atoms with van der Waals surface area (Å²) in [6, 6.07) is 3.78. The number of nitrogens with zero attached hydrogens (tertiary/aromatic N) is 3. The molecule has 2 aromatic heterocycles. The molecule has 0 saturated carbocycles. The largest absolute Gasteiger partial charge is 0.339 e. The summed E-state index contributed by atoms with van der Waals surface area (Å²) in [6.07, 6.45) is 8.06. The lowest BCUT2D eigenvalue weighted by Crippen LogP contribution is -2.16. The van der Waals surface area contributed by atoms with E-state index >= 15 is 0 Å². The number of aromatic nitrogens is 3. The van der Waals surface area contributed by atoms with Crippen molar-refractivity contribution in [2.75, 3.05) is 5.32 Å². The van der Waals surface area contributed by atoms with Gasteiger partial charge in [-0.05, 0) is 34.5 Å². The van der Waals surface area contributed by atoms with Crippen LogP contribution in [0.15, 0.2) is 22.8 Å². The van der Waals surface area contributed by atoms with Crippen LogP contribution < -0.4 is 5.32 Å². The number of pyridine rings is 1. The summed E-state index contributed by atoms with van der Waals surface area (Å²) in [4.78, 5) is 4.31. The molecule has 5 heteroatoms. The van der Waals surface area contributed by atoms with Crippen LogP contribution in [0.5, 0.6) is 0 Å². The van der Waals surface area contributed by atoms with E-state index in [1.807, 2.05) is 25.3 Å². The van der Waals surface area contributed by atoms with Gasteiger partial charge in [-0.1, -0.05) is 12.8 Å². The summed E-state index contributed by atoms with van der Waals surface area (Å²) in [6.45, 7) is 2.02. The second-order valence-electron chi connectivity index (χ2n) is 3.36. The molecule has 1 atom stereocenters. The van der Waals surface area contributed by atoms with Crippen molar-refractivity contribution in [1.29, 1.82) is 0 Å². The first kappa shape index (κ1) is 11.0. The summed E-state index contributed by atoms with van der Waals surface area (Å²) < 4.78 is 2.66. The Bertz CT molecular complexity index is 540. The van der Waals surface area contributed by atoms with Crippen molar-refractivity contribution < 1.29 is 0 Å². The van der Waals surface area contributed by atoms with E-state index in [0.717, 1.165) is 16.5 Å². The smallest absolute Gasteiger partial charge is 0.244 e. The van der Waals surface area contributed by atoms with Crippen LogP contribution >= 0.6 is 15.9 Å². The summed E-state index contributed by atoms with van der Waals surface area (Å²) in [5.74, 6) is 3.20. The number of anilines is 1. The molecule has 0 aliphatic rings. The third-order valence-corrected chi connectivity index (χ3v) is 2.68. The molecule has 0 aromatic carbocycles. The van der Waals surface area contributed by atoms with Crippen LogP contribution in [0, 0.1) is 12.3 Å². The molecule has 0 radical (unpaired) electrons. The number of rotatable bonds is 3. The molecule has 0 aliphatic carbocycles. The molecular formula is C11H11BrN4. The molecule has 0 fully saturated rings. The Morgan fingerprint density at radius 3 is 3.12 bits per heavy atom. The summed E-state index contributed by atoms with van der Waals surface area (Å²) >= 11 is 3.38. The Labute approximate surface area is 102 Å². The first-order valence-electron chi connectivity index (χ1n) is 4.97. The molecule has 4 nitrogen and oxygen atoms in total. The van der Waals surface area contributed by atoms with Gasteiger partial charge in [-0.25, -0.2) is 4.52 Å². The minimum absolute atomic E-state index is 0.0270. The van der Waals surface area contributed by atoms with Crippen molar-refractivity contribution in [3.8, 4) is 12.3 Å². The van der Waals surface area contributed by atoms with Crippen molar-refractivity contribution in [2.24, 2.45) is 0 Å². The highest BCUT2D eigenvalue weighted by atomic mass is 79.9. The Morgan fingerprint density at radius 2 is 2.44 bits per heavy atom. The standard InChI is InChI=1S/C11H11BrN4/c1-3-9(4-2)13-11-14-10-6-5-8(12)7-16(10)15-11/h1,5-7,9H,4H2,2H3,(H,13,15). The van der Waals surface area contributed by atoms with Crippen LogP contribution in [0.3, 0.4) is 0 Å². The van der Waals surface area contributed by atoms with Gasteiger partial charge in [0.25, 0.3) is 0 Å². The van der Waals surface area contributed by atoms with Crippen LogP contribution in [-0.4, -0.2) is 20.6 Å². The molecule has 2 aromatic rings. The summed E-state index contributed by atoms with van der Waals surface area (Å²) in [7, 11) is 0. The third kappa shape index (κ3) is 2.17. The predicted octanol–water partition coefficient (Wildman–Crippen LogP) is 2.32. The van der Waals surface area contributed by atoms with Crippen molar-refractivity contribution in [1.82, 2.24) is 14.6 Å². The minimum Gasteiger partial charge on any atom is -0.339 e. The van der Waals surface area contributed by atoms with E-state index < -0.39 is 0 Å². The van der Waals surface area contributed by atoms with Gasteiger partial charge in [0.2, 0.25) is 5.95 Å². The Hall–Kier alpha value is -1.54. The lowest BCUT2D eigenvalue weighted by molar-refractivity contribution is 0.836. The van der Waals surface area contributed by atoms with Crippen LogP contribution in [-0.2, 0) is 0 Å². The van der Waals surface area contributed by atoms with Gasteiger partial charge in [0, 0.05) is 10.7 Å². The van der Waals surface area contributed by atoms with Gasteiger partial charge in [-0.15, -0.1) is 11.5 Å². The van der Waals surface area contributed by atoms with Crippen LogP contribution in [0.1, 0.15) is 13.3 Å². The molecule has 1 N–H and O–H groups in total. The van der Waals surface area contributed by atoms with Crippen LogP contribution in [0.25, 0.3) is 5.65 Å². The zero-order valence-electron chi connectivity index (χ0n) is 8.81. The molecule has 1 unspecified atom stereocenters. The Kier molecular flexibility index (Phi) is 3.11.